The summed E-state index contributed by atoms with van der Waals surface area (Å²) in [5.74, 6) is 0. The number of nitrogens with one attached hydrogen (secondary N) is 1. The smallest absolute Gasteiger partial charge is 0.0292 e. The van der Waals surface area contributed by atoms with Gasteiger partial charge in [0.15, 0.2) is 0 Å². The second-order valence-corrected chi connectivity index (χ2v) is 6.93. The molecule has 1 N–H and O–H groups in total. The number of benzene rings is 2. The molecule has 0 saturated heterocycles. The molecule has 2 aromatic rings. The number of fused-ring (bicyclic) bond motifs is 1. The molecule has 1 aliphatic rings. The highest BCUT2D eigenvalue weighted by atomic mass is 32.2. The molecule has 20 heavy (non-hydrogen) atoms. The highest BCUT2D eigenvalue weighted by Gasteiger charge is 2.21. The van der Waals surface area contributed by atoms with Crippen LogP contribution in [0.25, 0.3) is 0 Å². The van der Waals surface area contributed by atoms with Crippen molar-refractivity contribution in [2.45, 2.75) is 36.5 Å². The number of hydrogen-bond donors (Lipinski definition) is 1. The van der Waals surface area contributed by atoms with E-state index in [9.17, 15) is 0 Å². The largest absolute Gasteiger partial charge is 0.309 e. The van der Waals surface area contributed by atoms with E-state index in [2.05, 4.69) is 67.7 Å². The summed E-state index contributed by atoms with van der Waals surface area (Å²) in [6, 6.07) is 18.0. The molecule has 0 radical (unpaired) electrons. The Hall–Kier alpha value is -1.25. The van der Waals surface area contributed by atoms with E-state index in [1.807, 2.05) is 11.8 Å². The maximum Gasteiger partial charge on any atom is 0.0292 e. The summed E-state index contributed by atoms with van der Waals surface area (Å²) >= 11 is 2.01. The van der Waals surface area contributed by atoms with Crippen molar-refractivity contribution in [1.82, 2.24) is 5.32 Å². The first kappa shape index (κ1) is 13.7. The Morgan fingerprint density at radius 2 is 1.90 bits per heavy atom. The number of thioether (sulfide) groups is 1. The molecule has 2 heteroatoms. The van der Waals surface area contributed by atoms with Crippen molar-refractivity contribution < 1.29 is 0 Å². The molecule has 2 aromatic carbocycles. The van der Waals surface area contributed by atoms with Crippen LogP contribution in [-0.2, 0) is 6.42 Å². The Morgan fingerprint density at radius 3 is 2.65 bits per heavy atom. The quantitative estimate of drug-likeness (QED) is 0.894. The van der Waals surface area contributed by atoms with Gasteiger partial charge in [-0.15, -0.1) is 11.8 Å². The predicted octanol–water partition coefficient (Wildman–Crippen LogP) is 4.36. The highest BCUT2D eigenvalue weighted by Crippen LogP contribution is 2.36. The molecule has 0 saturated carbocycles. The zero-order chi connectivity index (χ0) is 13.9. The van der Waals surface area contributed by atoms with Gasteiger partial charge in [-0.25, -0.2) is 0 Å². The molecule has 1 nitrogen and oxygen atoms in total. The summed E-state index contributed by atoms with van der Waals surface area (Å²) in [4.78, 5) is 1.46. The first-order valence-electron chi connectivity index (χ1n) is 7.27. The van der Waals surface area contributed by atoms with Crippen LogP contribution in [-0.4, -0.2) is 11.8 Å². The lowest BCUT2D eigenvalue weighted by molar-refractivity contribution is 0.567. The fourth-order valence-corrected chi connectivity index (χ4v) is 3.91. The molecule has 0 amide bonds. The zero-order valence-electron chi connectivity index (χ0n) is 12.1. The van der Waals surface area contributed by atoms with Crippen molar-refractivity contribution in [1.29, 1.82) is 0 Å². The first-order valence-corrected chi connectivity index (χ1v) is 8.15. The molecular formula is C18H21NS. The summed E-state index contributed by atoms with van der Waals surface area (Å²) in [7, 11) is 0. The Labute approximate surface area is 125 Å². The van der Waals surface area contributed by atoms with E-state index in [4.69, 9.17) is 0 Å². The van der Waals surface area contributed by atoms with Gasteiger partial charge < -0.3 is 5.32 Å². The van der Waals surface area contributed by atoms with Crippen LogP contribution in [0.4, 0.5) is 0 Å². The molecule has 0 fully saturated rings. The standard InChI is InChI=1S/C18H21NS/c1-13-7-9-15(10-8-13)14(2)19-12-17-11-16-5-3-4-6-18(16)20-17/h3-10,14,17,19H,11-12H2,1-2H3/t14-,17?/m1/s1. The van der Waals surface area contributed by atoms with Crippen molar-refractivity contribution in [2.75, 3.05) is 6.54 Å². The molecule has 1 aliphatic heterocycles. The van der Waals surface area contributed by atoms with Gasteiger partial charge in [-0.05, 0) is 37.5 Å². The molecule has 3 rings (SSSR count). The predicted molar refractivity (Wildman–Crippen MR) is 87.4 cm³/mol. The molecular weight excluding hydrogens is 262 g/mol. The van der Waals surface area contributed by atoms with Crippen molar-refractivity contribution in [3.05, 3.63) is 65.2 Å². The van der Waals surface area contributed by atoms with Crippen molar-refractivity contribution in [3.63, 3.8) is 0 Å². The number of aryl methyl sites for hydroxylation is 1. The van der Waals surface area contributed by atoms with E-state index < -0.39 is 0 Å². The van der Waals surface area contributed by atoms with Crippen LogP contribution in [0.1, 0.15) is 29.7 Å². The van der Waals surface area contributed by atoms with Crippen molar-refractivity contribution >= 4 is 11.8 Å². The van der Waals surface area contributed by atoms with E-state index in [1.54, 1.807) is 0 Å². The van der Waals surface area contributed by atoms with Crippen molar-refractivity contribution in [3.8, 4) is 0 Å². The van der Waals surface area contributed by atoms with Gasteiger partial charge >= 0.3 is 0 Å². The van der Waals surface area contributed by atoms with Crippen LogP contribution in [0.5, 0.6) is 0 Å². The minimum Gasteiger partial charge on any atom is -0.309 e. The minimum absolute atomic E-state index is 0.417. The molecule has 1 heterocycles. The third kappa shape index (κ3) is 3.08. The van der Waals surface area contributed by atoms with Crippen LogP contribution in [0.3, 0.4) is 0 Å². The summed E-state index contributed by atoms with van der Waals surface area (Å²) in [6.07, 6.45) is 1.19. The van der Waals surface area contributed by atoms with Gasteiger partial charge in [0.05, 0.1) is 0 Å². The third-order valence-electron chi connectivity index (χ3n) is 3.94. The normalized spacial score (nSPS) is 18.8. The lowest BCUT2D eigenvalue weighted by atomic mass is 10.1. The Kier molecular flexibility index (Phi) is 4.13. The van der Waals surface area contributed by atoms with E-state index in [1.165, 1.54) is 28.0 Å². The molecule has 0 aliphatic carbocycles. The topological polar surface area (TPSA) is 12.0 Å². The Balaban J connectivity index is 1.55. The Morgan fingerprint density at radius 1 is 1.15 bits per heavy atom. The monoisotopic (exact) mass is 283 g/mol. The zero-order valence-corrected chi connectivity index (χ0v) is 12.9. The summed E-state index contributed by atoms with van der Waals surface area (Å²) in [5, 5.41) is 4.34. The third-order valence-corrected chi connectivity index (χ3v) is 5.26. The molecule has 0 spiro atoms. The van der Waals surface area contributed by atoms with Crippen LogP contribution in [0, 0.1) is 6.92 Å². The van der Waals surface area contributed by atoms with Gasteiger partial charge in [0.1, 0.15) is 0 Å². The van der Waals surface area contributed by atoms with E-state index in [0.29, 0.717) is 11.3 Å². The summed E-state index contributed by atoms with van der Waals surface area (Å²) in [5.41, 5.74) is 4.20. The van der Waals surface area contributed by atoms with Gasteiger partial charge in [0.2, 0.25) is 0 Å². The first-order chi connectivity index (χ1) is 9.72. The maximum atomic E-state index is 3.67. The lowest BCUT2D eigenvalue weighted by Crippen LogP contribution is -2.27. The van der Waals surface area contributed by atoms with Gasteiger partial charge in [-0.1, -0.05) is 48.0 Å². The second kappa shape index (κ2) is 6.02. The molecule has 2 atom stereocenters. The fourth-order valence-electron chi connectivity index (χ4n) is 2.65. The summed E-state index contributed by atoms with van der Waals surface area (Å²) < 4.78 is 0. The highest BCUT2D eigenvalue weighted by molar-refractivity contribution is 8.00. The fraction of sp³-hybridized carbons (Fsp3) is 0.333. The van der Waals surface area contributed by atoms with Gasteiger partial charge in [0, 0.05) is 22.7 Å². The van der Waals surface area contributed by atoms with Gasteiger partial charge in [-0.3, -0.25) is 0 Å². The van der Waals surface area contributed by atoms with Crippen LogP contribution in [0.15, 0.2) is 53.4 Å². The molecule has 0 bridgehead atoms. The van der Waals surface area contributed by atoms with Crippen LogP contribution >= 0.6 is 11.8 Å². The average Bonchev–Trinajstić information content (AvgIpc) is 2.88. The number of rotatable bonds is 4. The molecule has 104 valence electrons. The number of hydrogen-bond acceptors (Lipinski definition) is 2. The Bertz CT molecular complexity index is 551. The lowest BCUT2D eigenvalue weighted by Gasteiger charge is -2.17. The van der Waals surface area contributed by atoms with E-state index >= 15 is 0 Å². The average molecular weight is 283 g/mol. The SMILES string of the molecule is Cc1ccc([C@@H](C)NCC2Cc3ccccc3S2)cc1. The molecule has 1 unspecified atom stereocenters. The molecule has 0 aromatic heterocycles. The van der Waals surface area contributed by atoms with E-state index in [-0.39, 0.29) is 0 Å². The van der Waals surface area contributed by atoms with E-state index in [0.717, 1.165) is 6.54 Å². The van der Waals surface area contributed by atoms with Crippen molar-refractivity contribution in [2.24, 2.45) is 0 Å². The summed E-state index contributed by atoms with van der Waals surface area (Å²) in [6.45, 7) is 5.44. The maximum absolute atomic E-state index is 3.67. The minimum atomic E-state index is 0.417. The van der Waals surface area contributed by atoms with Gasteiger partial charge in [-0.2, -0.15) is 0 Å². The van der Waals surface area contributed by atoms with Crippen LogP contribution < -0.4 is 5.32 Å². The van der Waals surface area contributed by atoms with Crippen LogP contribution in [0.2, 0.25) is 0 Å². The van der Waals surface area contributed by atoms with Gasteiger partial charge in [0.25, 0.3) is 0 Å². The second-order valence-electron chi connectivity index (χ2n) is 5.59.